The van der Waals surface area contributed by atoms with E-state index in [-0.39, 0.29) is 21.8 Å². The Morgan fingerprint density at radius 1 is 1.12 bits per heavy atom. The van der Waals surface area contributed by atoms with Crippen LogP contribution in [0.5, 0.6) is 0 Å². The maximum Gasteiger partial charge on any atom is 0.248 e. The fourth-order valence-electron chi connectivity index (χ4n) is 2.35. The van der Waals surface area contributed by atoms with Gasteiger partial charge in [-0.15, -0.1) is 10.2 Å². The molecule has 0 bridgehead atoms. The Kier molecular flexibility index (Phi) is 3.83. The van der Waals surface area contributed by atoms with Gasteiger partial charge in [-0.05, 0) is 34.5 Å². The Bertz CT molecular complexity index is 1010. The Labute approximate surface area is 136 Å². The summed E-state index contributed by atoms with van der Waals surface area (Å²) in [5, 5.41) is 18.7. The minimum absolute atomic E-state index is 0.0686. The van der Waals surface area contributed by atoms with Crippen LogP contribution in [0.4, 0.5) is 0 Å². The molecule has 0 saturated carbocycles. The zero-order valence-electron chi connectivity index (χ0n) is 12.2. The summed E-state index contributed by atoms with van der Waals surface area (Å²) in [6.45, 7) is 0. The minimum atomic E-state index is -4.03. The van der Waals surface area contributed by atoms with E-state index < -0.39 is 15.9 Å². The molecule has 0 spiro atoms. The fraction of sp³-hybridized carbons (Fsp3) is 0. The van der Waals surface area contributed by atoms with E-state index in [9.17, 15) is 13.2 Å². The molecule has 0 fully saturated rings. The van der Waals surface area contributed by atoms with E-state index >= 15 is 0 Å². The van der Waals surface area contributed by atoms with Crippen LogP contribution in [0, 0.1) is 0 Å². The number of nitrogens with zero attached hydrogens (tertiary/aromatic N) is 3. The number of aromatic nitrogens is 4. The van der Waals surface area contributed by atoms with Gasteiger partial charge in [0.25, 0.3) is 0 Å². The van der Waals surface area contributed by atoms with Gasteiger partial charge in [-0.3, -0.25) is 4.79 Å². The molecule has 5 N–H and O–H groups in total. The van der Waals surface area contributed by atoms with E-state index in [1.165, 1.54) is 12.1 Å². The number of tetrazole rings is 1. The van der Waals surface area contributed by atoms with Crippen LogP contribution in [0.3, 0.4) is 0 Å². The van der Waals surface area contributed by atoms with Crippen molar-refractivity contribution in [2.24, 2.45) is 10.9 Å². The Morgan fingerprint density at radius 2 is 1.88 bits per heavy atom. The van der Waals surface area contributed by atoms with Gasteiger partial charge in [0.15, 0.2) is 0 Å². The van der Waals surface area contributed by atoms with Gasteiger partial charge >= 0.3 is 0 Å². The number of nitrogens with two attached hydrogens (primary N) is 2. The van der Waals surface area contributed by atoms with Crippen molar-refractivity contribution in [1.29, 1.82) is 0 Å². The standard InChI is InChI=1S/C14H12N6O3S/c15-13(21)9-4-1-3-8(7-9)10-5-2-6-11(24(16,22)23)12(10)14-17-19-20-18-14/h1-7H,(H2,15,21)(H2,16,22,23)(H,17,18,19,20). The molecule has 0 aliphatic heterocycles. The molecule has 1 heterocycles. The van der Waals surface area contributed by atoms with Gasteiger partial charge < -0.3 is 5.73 Å². The van der Waals surface area contributed by atoms with Gasteiger partial charge in [0.1, 0.15) is 0 Å². The minimum Gasteiger partial charge on any atom is -0.366 e. The number of nitrogens with one attached hydrogen (secondary N) is 1. The predicted molar refractivity (Wildman–Crippen MR) is 84.9 cm³/mol. The second kappa shape index (κ2) is 5.83. The fourth-order valence-corrected chi connectivity index (χ4v) is 3.10. The average molecular weight is 344 g/mol. The number of hydrogen-bond acceptors (Lipinski definition) is 6. The van der Waals surface area contributed by atoms with Crippen molar-refractivity contribution in [1.82, 2.24) is 20.6 Å². The van der Waals surface area contributed by atoms with Crippen LogP contribution in [0.2, 0.25) is 0 Å². The molecule has 0 atom stereocenters. The van der Waals surface area contributed by atoms with Crippen LogP contribution in [-0.4, -0.2) is 34.9 Å². The second-order valence-electron chi connectivity index (χ2n) is 4.90. The first-order valence-electron chi connectivity index (χ1n) is 6.68. The molecule has 122 valence electrons. The molecule has 9 nitrogen and oxygen atoms in total. The van der Waals surface area contributed by atoms with Crippen LogP contribution >= 0.6 is 0 Å². The van der Waals surface area contributed by atoms with Crippen LogP contribution in [0.15, 0.2) is 47.4 Å². The van der Waals surface area contributed by atoms with Crippen molar-refractivity contribution in [3.05, 3.63) is 48.0 Å². The summed E-state index contributed by atoms with van der Waals surface area (Å²) in [6.07, 6.45) is 0. The van der Waals surface area contributed by atoms with Crippen LogP contribution in [0.25, 0.3) is 22.5 Å². The number of rotatable bonds is 4. The lowest BCUT2D eigenvalue weighted by Crippen LogP contribution is -2.14. The molecule has 1 amide bonds. The molecular weight excluding hydrogens is 332 g/mol. The molecule has 0 unspecified atom stereocenters. The topological polar surface area (TPSA) is 158 Å². The predicted octanol–water partition coefficient (Wildman–Crippen LogP) is 0.280. The lowest BCUT2D eigenvalue weighted by Gasteiger charge is -2.11. The lowest BCUT2D eigenvalue weighted by atomic mass is 9.97. The molecule has 3 aromatic rings. The summed E-state index contributed by atoms with van der Waals surface area (Å²) in [6, 6.07) is 11.0. The SMILES string of the molecule is NC(=O)c1cccc(-c2cccc(S(N)(=O)=O)c2-c2nn[nH]n2)c1. The summed E-state index contributed by atoms with van der Waals surface area (Å²) in [5.74, 6) is -0.528. The number of primary sulfonamides is 1. The number of aromatic amines is 1. The quantitative estimate of drug-likeness (QED) is 0.616. The number of sulfonamides is 1. The number of benzene rings is 2. The van der Waals surface area contributed by atoms with Gasteiger partial charge in [0.2, 0.25) is 21.8 Å². The van der Waals surface area contributed by atoms with Gasteiger partial charge in [0.05, 0.1) is 10.5 Å². The van der Waals surface area contributed by atoms with E-state index in [1.54, 1.807) is 30.3 Å². The molecule has 1 aromatic heterocycles. The largest absolute Gasteiger partial charge is 0.366 e. The van der Waals surface area contributed by atoms with Crippen LogP contribution < -0.4 is 10.9 Å². The Hall–Kier alpha value is -3.11. The molecule has 0 saturated heterocycles. The van der Waals surface area contributed by atoms with E-state index in [4.69, 9.17) is 10.9 Å². The second-order valence-corrected chi connectivity index (χ2v) is 6.43. The number of carbonyl (C=O) groups is 1. The molecule has 0 aliphatic rings. The first kappa shape index (κ1) is 15.8. The van der Waals surface area contributed by atoms with E-state index in [0.717, 1.165) is 0 Å². The lowest BCUT2D eigenvalue weighted by molar-refractivity contribution is 0.100. The molecule has 0 radical (unpaired) electrons. The molecule has 0 aliphatic carbocycles. The summed E-state index contributed by atoms with van der Waals surface area (Å²) >= 11 is 0. The molecule has 3 rings (SSSR count). The zero-order valence-corrected chi connectivity index (χ0v) is 13.0. The van der Waals surface area contributed by atoms with Crippen molar-refractivity contribution in [2.45, 2.75) is 4.90 Å². The Balaban J connectivity index is 2.33. The van der Waals surface area contributed by atoms with Gasteiger partial charge in [-0.25, -0.2) is 13.6 Å². The normalized spacial score (nSPS) is 11.4. The van der Waals surface area contributed by atoms with Crippen molar-refractivity contribution < 1.29 is 13.2 Å². The highest BCUT2D eigenvalue weighted by Gasteiger charge is 2.22. The number of hydrogen-bond donors (Lipinski definition) is 3. The first-order valence-corrected chi connectivity index (χ1v) is 8.22. The van der Waals surface area contributed by atoms with Gasteiger partial charge in [0, 0.05) is 5.56 Å². The first-order chi connectivity index (χ1) is 11.4. The van der Waals surface area contributed by atoms with Crippen LogP contribution in [-0.2, 0) is 10.0 Å². The maximum atomic E-state index is 11.9. The molecule has 10 heteroatoms. The maximum absolute atomic E-state index is 11.9. The number of amides is 1. The third-order valence-corrected chi connectivity index (χ3v) is 4.31. The van der Waals surface area contributed by atoms with Crippen molar-refractivity contribution in [2.75, 3.05) is 0 Å². The smallest absolute Gasteiger partial charge is 0.248 e. The monoisotopic (exact) mass is 344 g/mol. The number of carbonyl (C=O) groups excluding carboxylic acids is 1. The number of primary amides is 1. The highest BCUT2D eigenvalue weighted by molar-refractivity contribution is 7.89. The molecule has 2 aromatic carbocycles. The summed E-state index contributed by atoms with van der Waals surface area (Å²) in [4.78, 5) is 11.2. The van der Waals surface area contributed by atoms with Crippen molar-refractivity contribution >= 4 is 15.9 Å². The highest BCUT2D eigenvalue weighted by Crippen LogP contribution is 2.34. The molecule has 24 heavy (non-hydrogen) atoms. The van der Waals surface area contributed by atoms with Gasteiger partial charge in [-0.1, -0.05) is 24.3 Å². The van der Waals surface area contributed by atoms with E-state index in [0.29, 0.717) is 11.1 Å². The summed E-state index contributed by atoms with van der Waals surface area (Å²) in [5.41, 5.74) is 6.82. The number of H-pyrrole nitrogens is 1. The van der Waals surface area contributed by atoms with Crippen molar-refractivity contribution in [3.63, 3.8) is 0 Å². The highest BCUT2D eigenvalue weighted by atomic mass is 32.2. The molecular formula is C14H12N6O3S. The third kappa shape index (κ3) is 2.87. The zero-order chi connectivity index (χ0) is 17.3. The summed E-state index contributed by atoms with van der Waals surface area (Å²) in [7, 11) is -4.03. The van der Waals surface area contributed by atoms with Crippen LogP contribution in [0.1, 0.15) is 10.4 Å². The summed E-state index contributed by atoms with van der Waals surface area (Å²) < 4.78 is 23.9. The average Bonchev–Trinajstić information content (AvgIpc) is 3.07. The third-order valence-electron chi connectivity index (χ3n) is 3.36. The Morgan fingerprint density at radius 3 is 2.50 bits per heavy atom. The van der Waals surface area contributed by atoms with E-state index in [2.05, 4.69) is 20.6 Å². The van der Waals surface area contributed by atoms with Crippen molar-refractivity contribution in [3.8, 4) is 22.5 Å². The van der Waals surface area contributed by atoms with E-state index in [1.807, 2.05) is 0 Å². The van der Waals surface area contributed by atoms with Gasteiger partial charge in [-0.2, -0.15) is 5.21 Å².